The highest BCUT2D eigenvalue weighted by Gasteiger charge is 2.07. The Hall–Kier alpha value is -1.17. The van der Waals surface area contributed by atoms with Crippen molar-refractivity contribution in [1.29, 1.82) is 0 Å². The van der Waals surface area contributed by atoms with Crippen LogP contribution in [-0.2, 0) is 6.42 Å². The Balaban J connectivity index is 2.53. The van der Waals surface area contributed by atoms with Crippen molar-refractivity contribution in [3.63, 3.8) is 0 Å². The minimum Gasteiger partial charge on any atom is -0.358 e. The second-order valence-electron chi connectivity index (χ2n) is 3.09. The average molecular weight is 196 g/mol. The van der Waals surface area contributed by atoms with Gasteiger partial charge in [-0.3, -0.25) is 10.6 Å². The van der Waals surface area contributed by atoms with E-state index in [4.69, 9.17) is 5.84 Å². The summed E-state index contributed by atoms with van der Waals surface area (Å²) in [5.74, 6) is 4.98. The first-order valence-electron chi connectivity index (χ1n) is 4.67. The van der Waals surface area contributed by atoms with Crippen LogP contribution in [0.3, 0.4) is 0 Å². The topological polar surface area (TPSA) is 82.9 Å². The van der Waals surface area contributed by atoms with Crippen molar-refractivity contribution in [2.24, 2.45) is 5.84 Å². The van der Waals surface area contributed by atoms with Crippen molar-refractivity contribution in [2.45, 2.75) is 19.8 Å². The monoisotopic (exact) mass is 196 g/mol. The number of nitrogens with two attached hydrogens (primary N) is 1. The fraction of sp³-hybridized carbons (Fsp3) is 0.444. The molecule has 1 aromatic heterocycles. The van der Waals surface area contributed by atoms with Crippen molar-refractivity contribution < 1.29 is 4.79 Å². The molecule has 0 fully saturated rings. The van der Waals surface area contributed by atoms with E-state index in [0.717, 1.165) is 18.4 Å². The van der Waals surface area contributed by atoms with Crippen molar-refractivity contribution in [3.8, 4) is 0 Å². The maximum absolute atomic E-state index is 11.4. The molecule has 0 aliphatic rings. The summed E-state index contributed by atoms with van der Waals surface area (Å²) in [6.07, 6.45) is 3.94. The number of hydrogen-bond acceptors (Lipinski definition) is 4. The molecule has 0 radical (unpaired) electrons. The summed E-state index contributed by atoms with van der Waals surface area (Å²) < 4.78 is 0. The van der Waals surface area contributed by atoms with Crippen molar-refractivity contribution in [2.75, 3.05) is 6.54 Å². The fourth-order valence-electron chi connectivity index (χ4n) is 1.26. The minimum absolute atomic E-state index is 0.00898. The molecule has 5 N–H and O–H groups in total. The number of ketones is 1. The second-order valence-corrected chi connectivity index (χ2v) is 3.09. The number of Topliss-reactive ketones (excluding diaryl/α,β-unsaturated/α-hetero) is 1. The Morgan fingerprint density at radius 3 is 3.07 bits per heavy atom. The number of hydrogen-bond donors (Lipinski definition) is 4. The minimum atomic E-state index is -0.00898. The normalized spacial score (nSPS) is 10.4. The molecule has 0 saturated carbocycles. The summed E-state index contributed by atoms with van der Waals surface area (Å²) in [7, 11) is 0. The molecule has 0 saturated heterocycles. The fourth-order valence-corrected chi connectivity index (χ4v) is 1.26. The Morgan fingerprint density at radius 1 is 1.64 bits per heavy atom. The van der Waals surface area contributed by atoms with E-state index in [2.05, 4.69) is 22.9 Å². The molecular formula is C9H16N4O. The molecule has 14 heavy (non-hydrogen) atoms. The first-order chi connectivity index (χ1) is 6.77. The second kappa shape index (κ2) is 5.54. The summed E-state index contributed by atoms with van der Waals surface area (Å²) in [4.78, 5) is 14.4. The summed E-state index contributed by atoms with van der Waals surface area (Å²) in [5, 5.41) is 0. The van der Waals surface area contributed by atoms with Crippen LogP contribution in [0.25, 0.3) is 0 Å². The van der Waals surface area contributed by atoms with Crippen LogP contribution in [0.2, 0.25) is 0 Å². The molecule has 0 atom stereocenters. The number of hydrazine groups is 2. The van der Waals surface area contributed by atoms with E-state index >= 15 is 0 Å². The van der Waals surface area contributed by atoms with Gasteiger partial charge in [-0.05, 0) is 18.1 Å². The molecule has 5 heteroatoms. The quantitative estimate of drug-likeness (QED) is 0.296. The smallest absolute Gasteiger partial charge is 0.194 e. The summed E-state index contributed by atoms with van der Waals surface area (Å²) in [6, 6.07) is 1.88. The summed E-state index contributed by atoms with van der Waals surface area (Å²) >= 11 is 0. The first-order valence-corrected chi connectivity index (χ1v) is 4.67. The third-order valence-corrected chi connectivity index (χ3v) is 1.93. The lowest BCUT2D eigenvalue weighted by Crippen LogP contribution is -2.41. The largest absolute Gasteiger partial charge is 0.358 e. The van der Waals surface area contributed by atoms with Gasteiger partial charge in [0, 0.05) is 6.20 Å². The van der Waals surface area contributed by atoms with Crippen LogP contribution in [0.5, 0.6) is 0 Å². The molecule has 1 heterocycles. The molecule has 0 aliphatic carbocycles. The van der Waals surface area contributed by atoms with Gasteiger partial charge < -0.3 is 4.98 Å². The number of aromatic amines is 1. The first kappa shape index (κ1) is 10.9. The molecular weight excluding hydrogens is 180 g/mol. The van der Waals surface area contributed by atoms with E-state index in [-0.39, 0.29) is 12.3 Å². The predicted molar refractivity (Wildman–Crippen MR) is 54.4 cm³/mol. The molecule has 0 amide bonds. The predicted octanol–water partition coefficient (Wildman–Crippen LogP) is 0.118. The highest BCUT2D eigenvalue weighted by Crippen LogP contribution is 2.06. The Kier molecular flexibility index (Phi) is 4.31. The van der Waals surface area contributed by atoms with Crippen LogP contribution < -0.4 is 16.8 Å². The van der Waals surface area contributed by atoms with E-state index in [1.807, 2.05) is 12.3 Å². The Labute approximate surface area is 83.0 Å². The highest BCUT2D eigenvalue weighted by atomic mass is 16.1. The molecule has 0 spiro atoms. The molecule has 1 aromatic rings. The average Bonchev–Trinajstić information content (AvgIpc) is 2.63. The van der Waals surface area contributed by atoms with Crippen LogP contribution in [0.15, 0.2) is 12.3 Å². The molecule has 1 rings (SSSR count). The van der Waals surface area contributed by atoms with E-state index in [1.165, 1.54) is 0 Å². The molecule has 78 valence electrons. The van der Waals surface area contributed by atoms with Crippen LogP contribution >= 0.6 is 0 Å². The number of carbonyl (C=O) groups is 1. The van der Waals surface area contributed by atoms with Gasteiger partial charge in [-0.25, -0.2) is 5.43 Å². The van der Waals surface area contributed by atoms with Gasteiger partial charge in [0.1, 0.15) is 0 Å². The zero-order valence-corrected chi connectivity index (χ0v) is 8.26. The zero-order chi connectivity index (χ0) is 10.4. The number of rotatable bonds is 6. The van der Waals surface area contributed by atoms with Crippen LogP contribution in [-0.4, -0.2) is 17.3 Å². The molecule has 5 nitrogen and oxygen atoms in total. The number of aromatic nitrogens is 1. The number of nitrogens with one attached hydrogen (secondary N) is 3. The third kappa shape index (κ3) is 2.95. The Bertz CT molecular complexity index is 295. The van der Waals surface area contributed by atoms with Crippen molar-refractivity contribution >= 4 is 5.78 Å². The van der Waals surface area contributed by atoms with Gasteiger partial charge >= 0.3 is 0 Å². The summed E-state index contributed by atoms with van der Waals surface area (Å²) in [6.45, 7) is 2.29. The maximum atomic E-state index is 11.4. The molecule has 0 aromatic carbocycles. The van der Waals surface area contributed by atoms with Gasteiger partial charge in [-0.2, -0.15) is 5.53 Å². The number of H-pyrrole nitrogens is 1. The van der Waals surface area contributed by atoms with E-state index < -0.39 is 0 Å². The Morgan fingerprint density at radius 2 is 2.43 bits per heavy atom. The van der Waals surface area contributed by atoms with Gasteiger partial charge in [0.15, 0.2) is 5.78 Å². The lowest BCUT2D eigenvalue weighted by atomic mass is 10.2. The molecule has 0 unspecified atom stereocenters. The van der Waals surface area contributed by atoms with E-state index in [9.17, 15) is 4.79 Å². The third-order valence-electron chi connectivity index (χ3n) is 1.93. The van der Waals surface area contributed by atoms with Crippen LogP contribution in [0.4, 0.5) is 0 Å². The molecule has 0 aliphatic heterocycles. The SMILES string of the molecule is CCCc1c[nH]c(C(=O)CNNN)c1. The highest BCUT2D eigenvalue weighted by molar-refractivity contribution is 5.96. The van der Waals surface area contributed by atoms with Gasteiger partial charge in [0.05, 0.1) is 12.2 Å². The van der Waals surface area contributed by atoms with Gasteiger partial charge in [-0.15, -0.1) is 0 Å². The van der Waals surface area contributed by atoms with Crippen molar-refractivity contribution in [1.82, 2.24) is 15.9 Å². The van der Waals surface area contributed by atoms with Crippen molar-refractivity contribution in [3.05, 3.63) is 23.5 Å². The van der Waals surface area contributed by atoms with Crippen LogP contribution in [0.1, 0.15) is 29.4 Å². The lowest BCUT2D eigenvalue weighted by molar-refractivity contribution is 0.0982. The lowest BCUT2D eigenvalue weighted by Gasteiger charge is -1.98. The number of carbonyl (C=O) groups excluding carboxylic acids is 1. The standard InChI is InChI=1S/C9H16N4O/c1-2-3-7-4-8(11-5-7)9(14)6-12-13-10/h4-5,11-13H,2-3,6,10H2,1H3. The van der Waals surface area contributed by atoms with Gasteiger partial charge in [0.2, 0.25) is 0 Å². The zero-order valence-electron chi connectivity index (χ0n) is 8.26. The summed E-state index contributed by atoms with van der Waals surface area (Å²) in [5.41, 5.74) is 6.55. The van der Waals surface area contributed by atoms with E-state index in [0.29, 0.717) is 5.69 Å². The maximum Gasteiger partial charge on any atom is 0.194 e. The van der Waals surface area contributed by atoms with Gasteiger partial charge in [0.25, 0.3) is 0 Å². The van der Waals surface area contributed by atoms with Crippen LogP contribution in [0, 0.1) is 0 Å². The van der Waals surface area contributed by atoms with Gasteiger partial charge in [-0.1, -0.05) is 13.3 Å². The molecule has 0 bridgehead atoms. The van der Waals surface area contributed by atoms with E-state index in [1.54, 1.807) is 0 Å². The number of aryl methyl sites for hydroxylation is 1.